The van der Waals surface area contributed by atoms with Crippen molar-refractivity contribution in [3.8, 4) is 0 Å². The average Bonchev–Trinajstić information content (AvgIpc) is 2.72. The zero-order chi connectivity index (χ0) is 21.6. The van der Waals surface area contributed by atoms with E-state index in [0.717, 1.165) is 71.1 Å². The van der Waals surface area contributed by atoms with Gasteiger partial charge in [-0.15, -0.1) is 0 Å². The molecule has 0 aromatic rings. The topological polar surface area (TPSA) is 87.3 Å². The van der Waals surface area contributed by atoms with Gasteiger partial charge in [-0.3, -0.25) is 14.4 Å². The summed E-state index contributed by atoms with van der Waals surface area (Å²) in [7, 11) is 0. The highest BCUT2D eigenvalue weighted by molar-refractivity contribution is 5.80. The highest BCUT2D eigenvalue weighted by Crippen LogP contribution is 2.03. The van der Waals surface area contributed by atoms with Gasteiger partial charge < -0.3 is 16.0 Å². The molecule has 0 aromatic heterocycles. The van der Waals surface area contributed by atoms with Crippen LogP contribution >= 0.6 is 0 Å². The molecule has 0 aromatic carbocycles. The van der Waals surface area contributed by atoms with Crippen LogP contribution in [0.25, 0.3) is 0 Å². The van der Waals surface area contributed by atoms with Crippen molar-refractivity contribution in [3.63, 3.8) is 0 Å². The Morgan fingerprint density at radius 2 is 1.14 bits per heavy atom. The highest BCUT2D eigenvalue weighted by Gasteiger charge is 2.04. The van der Waals surface area contributed by atoms with Crippen molar-refractivity contribution >= 4 is 17.5 Å². The summed E-state index contributed by atoms with van der Waals surface area (Å²) in [5.41, 5.74) is 0. The van der Waals surface area contributed by atoms with Crippen LogP contribution in [0.15, 0.2) is 0 Å². The fraction of sp³-hybridized carbons (Fsp3) is 0.870. The fourth-order valence-electron chi connectivity index (χ4n) is 3.07. The molecule has 0 fully saturated rings. The van der Waals surface area contributed by atoms with Crippen LogP contribution in [0, 0.1) is 0 Å². The Morgan fingerprint density at radius 1 is 0.586 bits per heavy atom. The molecule has 0 unspecified atom stereocenters. The van der Waals surface area contributed by atoms with Gasteiger partial charge in [0, 0.05) is 32.2 Å². The Hall–Kier alpha value is -1.27. The molecule has 0 atom stereocenters. The van der Waals surface area contributed by atoms with E-state index in [1.807, 2.05) is 6.92 Å². The molecule has 0 heterocycles. The van der Waals surface area contributed by atoms with Crippen molar-refractivity contribution in [2.24, 2.45) is 0 Å². The van der Waals surface area contributed by atoms with Crippen LogP contribution in [0.3, 0.4) is 0 Å². The Morgan fingerprint density at radius 3 is 1.83 bits per heavy atom. The molecule has 0 radical (unpaired) electrons. The molecule has 6 nitrogen and oxygen atoms in total. The summed E-state index contributed by atoms with van der Waals surface area (Å²) in [6.07, 6.45) is 11.5. The molecule has 1 amide bonds. The first-order valence-electron chi connectivity index (χ1n) is 11.8. The normalized spacial score (nSPS) is 10.8. The first-order valence-corrected chi connectivity index (χ1v) is 11.8. The van der Waals surface area contributed by atoms with Gasteiger partial charge in [-0.05, 0) is 58.2 Å². The van der Waals surface area contributed by atoms with Crippen molar-refractivity contribution < 1.29 is 14.4 Å². The van der Waals surface area contributed by atoms with Gasteiger partial charge in [-0.1, -0.05) is 33.1 Å². The maximum Gasteiger partial charge on any atom is 0.219 e. The number of nitrogens with one attached hydrogen (secondary N) is 3. The second kappa shape index (κ2) is 21.4. The second-order valence-corrected chi connectivity index (χ2v) is 7.74. The number of hydrogen-bond acceptors (Lipinski definition) is 5. The lowest BCUT2D eigenvalue weighted by Gasteiger charge is -2.06. The number of ketones is 2. The van der Waals surface area contributed by atoms with Crippen molar-refractivity contribution in [1.29, 1.82) is 0 Å². The van der Waals surface area contributed by atoms with E-state index in [-0.39, 0.29) is 11.7 Å². The van der Waals surface area contributed by atoms with Gasteiger partial charge in [0.15, 0.2) is 0 Å². The average molecular weight is 412 g/mol. The SMILES string of the molecule is CCNCCCCCCNC(=O)CCCCC(=O)CNCCCCCC(=O)CC. The van der Waals surface area contributed by atoms with E-state index < -0.39 is 0 Å². The third kappa shape index (κ3) is 21.3. The number of rotatable bonds is 22. The highest BCUT2D eigenvalue weighted by atomic mass is 16.1. The third-order valence-electron chi connectivity index (χ3n) is 4.99. The number of amides is 1. The van der Waals surface area contributed by atoms with Gasteiger partial charge in [0.2, 0.25) is 5.91 Å². The van der Waals surface area contributed by atoms with E-state index in [9.17, 15) is 14.4 Å². The largest absolute Gasteiger partial charge is 0.356 e. The molecule has 170 valence electrons. The summed E-state index contributed by atoms with van der Waals surface area (Å²) in [6, 6.07) is 0. The lowest BCUT2D eigenvalue weighted by Crippen LogP contribution is -2.25. The van der Waals surface area contributed by atoms with E-state index in [0.29, 0.717) is 38.0 Å². The summed E-state index contributed by atoms with van der Waals surface area (Å²) < 4.78 is 0. The van der Waals surface area contributed by atoms with Crippen LogP contribution < -0.4 is 16.0 Å². The summed E-state index contributed by atoms with van der Waals surface area (Å²) in [6.45, 7) is 8.12. The summed E-state index contributed by atoms with van der Waals surface area (Å²) in [5, 5.41) is 9.46. The van der Waals surface area contributed by atoms with Gasteiger partial charge in [-0.25, -0.2) is 0 Å². The quantitative estimate of drug-likeness (QED) is 0.237. The minimum absolute atomic E-state index is 0.102. The van der Waals surface area contributed by atoms with Crippen molar-refractivity contribution in [1.82, 2.24) is 16.0 Å². The Kier molecular flexibility index (Phi) is 20.5. The molecule has 0 bridgehead atoms. The van der Waals surface area contributed by atoms with Gasteiger partial charge in [0.25, 0.3) is 0 Å². The molecule has 0 rings (SSSR count). The van der Waals surface area contributed by atoms with Crippen LogP contribution in [-0.2, 0) is 14.4 Å². The summed E-state index contributed by atoms with van der Waals surface area (Å²) in [5.74, 6) is 0.645. The van der Waals surface area contributed by atoms with Crippen LogP contribution in [0.4, 0.5) is 0 Å². The van der Waals surface area contributed by atoms with Gasteiger partial charge in [-0.2, -0.15) is 0 Å². The Balaban J connectivity index is 3.35. The molecular formula is C23H45N3O3. The molecule has 3 N–H and O–H groups in total. The summed E-state index contributed by atoms with van der Waals surface area (Å²) in [4.78, 5) is 34.8. The molecule has 0 aliphatic rings. The standard InChI is InChI=1S/C23H45N3O3/c1-3-21(27)14-8-7-12-18-25-20-22(28)15-9-10-16-23(29)26-19-13-6-5-11-17-24-4-2/h24-25H,3-20H2,1-2H3,(H,26,29). The van der Waals surface area contributed by atoms with E-state index >= 15 is 0 Å². The van der Waals surface area contributed by atoms with Crippen LogP contribution in [0.2, 0.25) is 0 Å². The van der Waals surface area contributed by atoms with E-state index in [1.54, 1.807) is 0 Å². The van der Waals surface area contributed by atoms with Gasteiger partial charge >= 0.3 is 0 Å². The number of hydrogen-bond donors (Lipinski definition) is 3. The van der Waals surface area contributed by atoms with Crippen LogP contribution in [0.5, 0.6) is 0 Å². The number of Topliss-reactive ketones (excluding diaryl/α,β-unsaturated/α-hetero) is 2. The molecule has 0 saturated heterocycles. The molecule has 0 aliphatic heterocycles. The molecule has 6 heteroatoms. The minimum atomic E-state index is 0.102. The molecule has 0 aliphatic carbocycles. The van der Waals surface area contributed by atoms with Crippen molar-refractivity contribution in [3.05, 3.63) is 0 Å². The molecule has 0 spiro atoms. The molecule has 0 saturated carbocycles. The zero-order valence-corrected chi connectivity index (χ0v) is 19.0. The fourth-order valence-corrected chi connectivity index (χ4v) is 3.07. The number of unbranched alkanes of at least 4 members (excludes halogenated alkanes) is 6. The Bertz CT molecular complexity index is 428. The van der Waals surface area contributed by atoms with Gasteiger partial charge in [0.1, 0.15) is 11.6 Å². The van der Waals surface area contributed by atoms with Crippen LogP contribution in [0.1, 0.15) is 97.3 Å². The lowest BCUT2D eigenvalue weighted by atomic mass is 10.1. The van der Waals surface area contributed by atoms with E-state index in [4.69, 9.17) is 0 Å². The predicted molar refractivity (Wildman–Crippen MR) is 120 cm³/mol. The molecular weight excluding hydrogens is 366 g/mol. The summed E-state index contributed by atoms with van der Waals surface area (Å²) >= 11 is 0. The lowest BCUT2D eigenvalue weighted by molar-refractivity contribution is -0.122. The second-order valence-electron chi connectivity index (χ2n) is 7.74. The van der Waals surface area contributed by atoms with E-state index in [2.05, 4.69) is 22.9 Å². The van der Waals surface area contributed by atoms with Gasteiger partial charge in [0.05, 0.1) is 6.54 Å². The molecule has 29 heavy (non-hydrogen) atoms. The minimum Gasteiger partial charge on any atom is -0.356 e. The smallest absolute Gasteiger partial charge is 0.219 e. The van der Waals surface area contributed by atoms with E-state index in [1.165, 1.54) is 12.8 Å². The number of carbonyl (C=O) groups excluding carboxylic acids is 3. The third-order valence-corrected chi connectivity index (χ3v) is 4.99. The predicted octanol–water partition coefficient (Wildman–Crippen LogP) is 3.53. The van der Waals surface area contributed by atoms with Crippen molar-refractivity contribution in [2.75, 3.05) is 32.7 Å². The maximum absolute atomic E-state index is 11.8. The monoisotopic (exact) mass is 411 g/mol. The zero-order valence-electron chi connectivity index (χ0n) is 19.0. The Labute approximate surface area is 178 Å². The first-order chi connectivity index (χ1) is 14.1. The van der Waals surface area contributed by atoms with Crippen molar-refractivity contribution in [2.45, 2.75) is 97.3 Å². The number of carbonyl (C=O) groups is 3. The maximum atomic E-state index is 11.8. The first kappa shape index (κ1) is 27.7. The van der Waals surface area contributed by atoms with Crippen LogP contribution in [-0.4, -0.2) is 50.2 Å².